The molecule has 1 N–H and O–H groups in total. The standard InChI is InChI=1S/C15H21N3O2S/c1-11(7-14(19)20)12-3-2-4-17(8-12)9-13-10-18-5-6-21-15(18)16-13/h5-6,10-12H,2-4,7-9H2,1H3,(H,19,20). The van der Waals surface area contributed by atoms with E-state index >= 15 is 0 Å². The van der Waals surface area contributed by atoms with Crippen molar-refractivity contribution in [2.45, 2.75) is 32.7 Å². The van der Waals surface area contributed by atoms with Gasteiger partial charge in [0.1, 0.15) is 0 Å². The van der Waals surface area contributed by atoms with Crippen LogP contribution in [0.1, 0.15) is 31.9 Å². The van der Waals surface area contributed by atoms with Crippen molar-refractivity contribution in [1.29, 1.82) is 0 Å². The summed E-state index contributed by atoms with van der Waals surface area (Å²) in [4.78, 5) is 19.0. The Hall–Kier alpha value is -1.40. The van der Waals surface area contributed by atoms with Gasteiger partial charge in [0.15, 0.2) is 4.96 Å². The highest BCUT2D eigenvalue weighted by Gasteiger charge is 2.26. The van der Waals surface area contributed by atoms with Gasteiger partial charge in [-0.15, -0.1) is 11.3 Å². The van der Waals surface area contributed by atoms with Crippen molar-refractivity contribution in [1.82, 2.24) is 14.3 Å². The average Bonchev–Trinajstić information content (AvgIpc) is 2.99. The van der Waals surface area contributed by atoms with Gasteiger partial charge in [0, 0.05) is 37.3 Å². The largest absolute Gasteiger partial charge is 0.481 e. The van der Waals surface area contributed by atoms with Crippen molar-refractivity contribution in [2.24, 2.45) is 11.8 Å². The molecular formula is C15H21N3O2S. The SMILES string of the molecule is CC(CC(=O)O)C1CCCN(Cc2cn3ccsc3n2)C1. The number of carboxylic acid groups (broad SMARTS) is 1. The molecule has 0 saturated carbocycles. The van der Waals surface area contributed by atoms with E-state index in [2.05, 4.69) is 27.4 Å². The number of likely N-dealkylation sites (tertiary alicyclic amines) is 1. The van der Waals surface area contributed by atoms with Crippen LogP contribution in [-0.2, 0) is 11.3 Å². The van der Waals surface area contributed by atoms with E-state index in [1.807, 2.05) is 11.6 Å². The fraction of sp³-hybridized carbons (Fsp3) is 0.600. The number of hydrogen-bond acceptors (Lipinski definition) is 4. The van der Waals surface area contributed by atoms with Crippen LogP contribution in [0, 0.1) is 11.8 Å². The highest BCUT2D eigenvalue weighted by molar-refractivity contribution is 7.15. The number of carbonyl (C=O) groups is 1. The number of nitrogens with zero attached hydrogens (tertiary/aromatic N) is 3. The first-order valence-corrected chi connectivity index (χ1v) is 8.35. The Bertz CT molecular complexity index is 593. The molecule has 0 radical (unpaired) electrons. The average molecular weight is 307 g/mol. The summed E-state index contributed by atoms with van der Waals surface area (Å²) in [6.45, 7) is 5.00. The van der Waals surface area contributed by atoms with E-state index in [1.165, 1.54) is 0 Å². The molecule has 1 aliphatic heterocycles. The van der Waals surface area contributed by atoms with E-state index in [4.69, 9.17) is 5.11 Å². The van der Waals surface area contributed by atoms with Gasteiger partial charge in [-0.3, -0.25) is 14.1 Å². The maximum atomic E-state index is 10.9. The molecule has 6 heteroatoms. The number of thiazole rings is 1. The van der Waals surface area contributed by atoms with E-state index in [0.29, 0.717) is 5.92 Å². The van der Waals surface area contributed by atoms with Crippen molar-refractivity contribution < 1.29 is 9.90 Å². The molecule has 2 atom stereocenters. The number of aromatic nitrogens is 2. The highest BCUT2D eigenvalue weighted by atomic mass is 32.1. The third-order valence-corrected chi connectivity index (χ3v) is 5.14. The Morgan fingerprint density at radius 1 is 1.62 bits per heavy atom. The maximum Gasteiger partial charge on any atom is 0.303 e. The Labute approximate surface area is 128 Å². The lowest BCUT2D eigenvalue weighted by Gasteiger charge is -2.35. The molecule has 3 rings (SSSR count). The first kappa shape index (κ1) is 14.5. The van der Waals surface area contributed by atoms with Gasteiger partial charge in [0.05, 0.1) is 5.69 Å². The van der Waals surface area contributed by atoms with Gasteiger partial charge in [-0.05, 0) is 31.2 Å². The third kappa shape index (κ3) is 3.44. The number of rotatable bonds is 5. The maximum absolute atomic E-state index is 10.9. The molecule has 1 aliphatic rings. The highest BCUT2D eigenvalue weighted by Crippen LogP contribution is 2.27. The second kappa shape index (κ2) is 6.15. The van der Waals surface area contributed by atoms with E-state index in [9.17, 15) is 4.79 Å². The van der Waals surface area contributed by atoms with Crippen LogP contribution in [0.25, 0.3) is 4.96 Å². The van der Waals surface area contributed by atoms with Gasteiger partial charge < -0.3 is 5.11 Å². The van der Waals surface area contributed by atoms with Gasteiger partial charge in [0.2, 0.25) is 0 Å². The van der Waals surface area contributed by atoms with Crippen molar-refractivity contribution in [3.8, 4) is 0 Å². The minimum absolute atomic E-state index is 0.246. The summed E-state index contributed by atoms with van der Waals surface area (Å²) in [5.74, 6) is 0.0448. The van der Waals surface area contributed by atoms with Gasteiger partial charge in [-0.1, -0.05) is 6.92 Å². The molecule has 0 amide bonds. The molecule has 0 spiro atoms. The van der Waals surface area contributed by atoms with Crippen LogP contribution >= 0.6 is 11.3 Å². The number of hydrogen-bond donors (Lipinski definition) is 1. The molecule has 2 aromatic rings. The Kier molecular flexibility index (Phi) is 4.26. The molecule has 1 fully saturated rings. The van der Waals surface area contributed by atoms with E-state index in [0.717, 1.165) is 43.1 Å². The smallest absolute Gasteiger partial charge is 0.303 e. The van der Waals surface area contributed by atoms with Crippen LogP contribution < -0.4 is 0 Å². The molecule has 114 valence electrons. The molecule has 2 unspecified atom stereocenters. The third-order valence-electron chi connectivity index (χ3n) is 4.37. The number of aliphatic carboxylic acids is 1. The topological polar surface area (TPSA) is 57.8 Å². The molecule has 2 aromatic heterocycles. The summed E-state index contributed by atoms with van der Waals surface area (Å²) in [7, 11) is 0. The van der Waals surface area contributed by atoms with Crippen molar-refractivity contribution >= 4 is 22.3 Å². The summed E-state index contributed by atoms with van der Waals surface area (Å²) in [5, 5.41) is 11.0. The van der Waals surface area contributed by atoms with Crippen LogP contribution in [0.15, 0.2) is 17.8 Å². The van der Waals surface area contributed by atoms with Crippen molar-refractivity contribution in [3.63, 3.8) is 0 Å². The van der Waals surface area contributed by atoms with Crippen LogP contribution in [0.5, 0.6) is 0 Å². The molecular weight excluding hydrogens is 286 g/mol. The second-order valence-corrected chi connectivity index (χ2v) is 6.91. The Morgan fingerprint density at radius 3 is 3.24 bits per heavy atom. The van der Waals surface area contributed by atoms with Crippen LogP contribution in [0.3, 0.4) is 0 Å². The molecule has 5 nitrogen and oxygen atoms in total. The lowest BCUT2D eigenvalue weighted by Crippen LogP contribution is -2.37. The molecule has 0 aliphatic carbocycles. The van der Waals surface area contributed by atoms with E-state index < -0.39 is 5.97 Å². The molecule has 0 bridgehead atoms. The molecule has 21 heavy (non-hydrogen) atoms. The second-order valence-electron chi connectivity index (χ2n) is 6.04. The lowest BCUT2D eigenvalue weighted by molar-refractivity contribution is -0.138. The number of fused-ring (bicyclic) bond motifs is 1. The summed E-state index contributed by atoms with van der Waals surface area (Å²) in [6.07, 6.45) is 6.69. The predicted molar refractivity (Wildman–Crippen MR) is 82.5 cm³/mol. The minimum Gasteiger partial charge on any atom is -0.481 e. The minimum atomic E-state index is -0.686. The summed E-state index contributed by atoms with van der Waals surface area (Å²) in [5.41, 5.74) is 1.10. The van der Waals surface area contributed by atoms with E-state index in [1.54, 1.807) is 11.3 Å². The van der Waals surface area contributed by atoms with Gasteiger partial charge in [-0.25, -0.2) is 4.98 Å². The summed E-state index contributed by atoms with van der Waals surface area (Å²) < 4.78 is 2.06. The molecule has 3 heterocycles. The number of piperidine rings is 1. The first-order valence-electron chi connectivity index (χ1n) is 7.47. The normalized spacial score (nSPS) is 21.7. The number of imidazole rings is 1. The van der Waals surface area contributed by atoms with Gasteiger partial charge in [0.25, 0.3) is 0 Å². The zero-order valence-corrected chi connectivity index (χ0v) is 13.1. The first-order chi connectivity index (χ1) is 10.1. The fourth-order valence-corrected chi connectivity index (χ4v) is 3.94. The van der Waals surface area contributed by atoms with Crippen LogP contribution in [0.2, 0.25) is 0 Å². The summed E-state index contributed by atoms with van der Waals surface area (Å²) >= 11 is 1.65. The molecule has 1 saturated heterocycles. The van der Waals surface area contributed by atoms with Crippen LogP contribution in [0.4, 0.5) is 0 Å². The van der Waals surface area contributed by atoms with Gasteiger partial charge >= 0.3 is 5.97 Å². The van der Waals surface area contributed by atoms with Crippen LogP contribution in [-0.4, -0.2) is 38.4 Å². The Morgan fingerprint density at radius 2 is 2.48 bits per heavy atom. The fourth-order valence-electron chi connectivity index (χ4n) is 3.22. The van der Waals surface area contributed by atoms with Gasteiger partial charge in [-0.2, -0.15) is 0 Å². The zero-order valence-electron chi connectivity index (χ0n) is 12.2. The van der Waals surface area contributed by atoms with Crippen molar-refractivity contribution in [3.05, 3.63) is 23.5 Å². The molecule has 0 aromatic carbocycles. The van der Waals surface area contributed by atoms with Crippen molar-refractivity contribution in [2.75, 3.05) is 13.1 Å². The quantitative estimate of drug-likeness (QED) is 0.923. The van der Waals surface area contributed by atoms with E-state index in [-0.39, 0.29) is 12.3 Å². The summed E-state index contributed by atoms with van der Waals surface area (Å²) in [6, 6.07) is 0. The number of carboxylic acids is 1. The predicted octanol–water partition coefficient (Wildman–Crippen LogP) is 2.72. The lowest BCUT2D eigenvalue weighted by atomic mass is 9.84. The Balaban J connectivity index is 1.60. The zero-order chi connectivity index (χ0) is 14.8. The monoisotopic (exact) mass is 307 g/mol.